The molecule has 2 atom stereocenters. The molecular weight excluding hydrogens is 527 g/mol. The van der Waals surface area contributed by atoms with Crippen molar-refractivity contribution >= 4 is 33.4 Å². The zero-order valence-electron chi connectivity index (χ0n) is 20.4. The van der Waals surface area contributed by atoms with Crippen molar-refractivity contribution in [1.29, 1.82) is 5.41 Å². The van der Waals surface area contributed by atoms with Crippen LogP contribution in [0.3, 0.4) is 0 Å². The van der Waals surface area contributed by atoms with Gasteiger partial charge in [-0.15, -0.1) is 0 Å². The molecule has 6 N–H and O–H groups in total. The Kier molecular flexibility index (Phi) is 9.12. The zero-order chi connectivity index (χ0) is 28.1. The van der Waals surface area contributed by atoms with Crippen molar-refractivity contribution in [2.24, 2.45) is 5.73 Å². The van der Waals surface area contributed by atoms with Gasteiger partial charge in [0.25, 0.3) is 0 Å². The van der Waals surface area contributed by atoms with E-state index >= 15 is 0 Å². The Hall–Kier alpha value is -3.49. The van der Waals surface area contributed by atoms with Gasteiger partial charge in [0, 0.05) is 23.9 Å². The summed E-state index contributed by atoms with van der Waals surface area (Å²) in [5, 5.41) is 12.3. The number of nitrogens with one attached hydrogen (secondary N) is 4. The number of nitrogen functional groups attached to an aromatic ring is 1. The number of hydrogen-bond donors (Lipinski definition) is 5. The van der Waals surface area contributed by atoms with Gasteiger partial charge in [-0.1, -0.05) is 6.07 Å². The normalized spacial score (nSPS) is 16.9. The van der Waals surface area contributed by atoms with E-state index < -0.39 is 57.0 Å². The lowest BCUT2D eigenvalue weighted by Crippen LogP contribution is -2.41. The molecule has 14 heteroatoms. The van der Waals surface area contributed by atoms with Crippen LogP contribution in [0.4, 0.5) is 18.9 Å². The topological polar surface area (TPSA) is 163 Å². The first kappa shape index (κ1) is 29.1. The van der Waals surface area contributed by atoms with E-state index in [4.69, 9.17) is 15.9 Å². The Morgan fingerprint density at radius 2 is 1.84 bits per heavy atom. The molecule has 0 aromatic heterocycles. The average molecular weight is 556 g/mol. The Morgan fingerprint density at radius 1 is 1.16 bits per heavy atom. The number of nitrogens with two attached hydrogens (primary N) is 1. The molecule has 1 heterocycles. The number of carbonyl (C=O) groups excluding carboxylic acids is 2. The van der Waals surface area contributed by atoms with E-state index in [9.17, 15) is 31.2 Å². The number of benzene rings is 2. The maximum absolute atomic E-state index is 13.8. The Bertz CT molecular complexity index is 1290. The first-order valence-corrected chi connectivity index (χ1v) is 13.1. The molecule has 2 aromatic rings. The van der Waals surface area contributed by atoms with Gasteiger partial charge in [0.1, 0.15) is 12.3 Å². The lowest BCUT2D eigenvalue weighted by Gasteiger charge is -2.24. The highest BCUT2D eigenvalue weighted by Crippen LogP contribution is 2.36. The van der Waals surface area contributed by atoms with Gasteiger partial charge >= 0.3 is 6.18 Å². The van der Waals surface area contributed by atoms with E-state index in [0.717, 1.165) is 6.07 Å². The molecule has 0 spiro atoms. The highest BCUT2D eigenvalue weighted by Gasteiger charge is 2.38. The summed E-state index contributed by atoms with van der Waals surface area (Å²) in [6, 6.07) is 7.15. The quantitative estimate of drug-likeness (QED) is 0.181. The fraction of sp³-hybridized carbons (Fsp3) is 0.375. The van der Waals surface area contributed by atoms with Crippen molar-refractivity contribution in [2.45, 2.75) is 49.3 Å². The fourth-order valence-corrected chi connectivity index (χ4v) is 5.31. The molecule has 0 aliphatic carbocycles. The molecule has 1 aliphatic heterocycles. The molecule has 206 valence electrons. The standard InChI is InChI=1S/C24H28F3N5O5S/c1-14(30-21(33)12-22(34)31-17-7-4-15(5-8-17)23(28)29)16-6-9-20(19(11-16)24(25,26)27)38(35,36)32-18-3-2-10-37-13-18/h4-9,11,14,18,32H,2-3,10,12-13H2,1H3,(H3,28,29)(H,30,33)(H,31,34). The predicted molar refractivity (Wildman–Crippen MR) is 133 cm³/mol. The van der Waals surface area contributed by atoms with Crippen LogP contribution in [0.1, 0.15) is 48.9 Å². The largest absolute Gasteiger partial charge is 0.417 e. The van der Waals surface area contributed by atoms with Crippen molar-refractivity contribution in [2.75, 3.05) is 18.5 Å². The number of rotatable bonds is 9. The van der Waals surface area contributed by atoms with E-state index in [-0.39, 0.29) is 18.0 Å². The highest BCUT2D eigenvalue weighted by molar-refractivity contribution is 7.89. The summed E-state index contributed by atoms with van der Waals surface area (Å²) in [7, 11) is -4.50. The van der Waals surface area contributed by atoms with Gasteiger partial charge in [0.15, 0.2) is 0 Å². The van der Waals surface area contributed by atoms with Crippen LogP contribution in [0.15, 0.2) is 47.4 Å². The number of amides is 2. The van der Waals surface area contributed by atoms with Crippen LogP contribution in [0.25, 0.3) is 0 Å². The molecule has 1 saturated heterocycles. The molecule has 10 nitrogen and oxygen atoms in total. The van der Waals surface area contributed by atoms with Crippen LogP contribution in [-0.2, 0) is 30.5 Å². The van der Waals surface area contributed by atoms with Crippen LogP contribution >= 0.6 is 0 Å². The predicted octanol–water partition coefficient (Wildman–Crippen LogP) is 2.65. The number of hydrogen-bond acceptors (Lipinski definition) is 6. The van der Waals surface area contributed by atoms with Crippen molar-refractivity contribution < 1.29 is 35.9 Å². The lowest BCUT2D eigenvalue weighted by atomic mass is 10.0. The smallest absolute Gasteiger partial charge is 0.384 e. The molecule has 2 amide bonds. The van der Waals surface area contributed by atoms with Crippen molar-refractivity contribution in [3.8, 4) is 0 Å². The molecule has 0 radical (unpaired) electrons. The van der Waals surface area contributed by atoms with Crippen molar-refractivity contribution in [3.63, 3.8) is 0 Å². The van der Waals surface area contributed by atoms with E-state index in [1.54, 1.807) is 0 Å². The second-order valence-corrected chi connectivity index (χ2v) is 10.5. The van der Waals surface area contributed by atoms with Gasteiger partial charge in [0.05, 0.1) is 23.1 Å². The fourth-order valence-electron chi connectivity index (χ4n) is 3.85. The third-order valence-corrected chi connectivity index (χ3v) is 7.34. The van der Waals surface area contributed by atoms with E-state index in [0.29, 0.717) is 36.8 Å². The minimum absolute atomic E-state index is 0.00542. The molecule has 1 aliphatic rings. The van der Waals surface area contributed by atoms with Gasteiger partial charge < -0.3 is 21.1 Å². The highest BCUT2D eigenvalue weighted by atomic mass is 32.2. The summed E-state index contributed by atoms with van der Waals surface area (Å²) in [5.74, 6) is -1.56. The number of anilines is 1. The molecule has 1 fully saturated rings. The minimum atomic E-state index is -4.98. The van der Waals surface area contributed by atoms with Crippen molar-refractivity contribution in [3.05, 3.63) is 59.2 Å². The molecule has 2 unspecified atom stereocenters. The van der Waals surface area contributed by atoms with Crippen molar-refractivity contribution in [1.82, 2.24) is 10.0 Å². The van der Waals surface area contributed by atoms with E-state index in [1.165, 1.54) is 37.3 Å². The number of halogens is 3. The Morgan fingerprint density at radius 3 is 2.42 bits per heavy atom. The summed E-state index contributed by atoms with van der Waals surface area (Å²) in [6.45, 7) is 1.94. The maximum Gasteiger partial charge on any atom is 0.417 e. The Labute approximate surface area is 217 Å². The van der Waals surface area contributed by atoms with Gasteiger partial charge in [-0.2, -0.15) is 13.2 Å². The number of sulfonamides is 1. The summed E-state index contributed by atoms with van der Waals surface area (Å²) in [5.41, 5.74) is 4.82. The third kappa shape index (κ3) is 7.76. The SMILES string of the molecule is CC(NC(=O)CC(=O)Nc1ccc(C(=N)N)cc1)c1ccc(S(=O)(=O)NC2CCCOC2)c(C(F)(F)F)c1. The molecule has 2 aromatic carbocycles. The average Bonchev–Trinajstić information content (AvgIpc) is 2.83. The molecule has 3 rings (SSSR count). The third-order valence-electron chi connectivity index (χ3n) is 5.76. The number of alkyl halides is 3. The maximum atomic E-state index is 13.8. The molecular formula is C24H28F3N5O5S. The van der Waals surface area contributed by atoms with Gasteiger partial charge in [0.2, 0.25) is 21.8 Å². The molecule has 0 saturated carbocycles. The first-order valence-electron chi connectivity index (χ1n) is 11.6. The summed E-state index contributed by atoms with van der Waals surface area (Å²) in [6.07, 6.45) is -4.56. The monoisotopic (exact) mass is 555 g/mol. The summed E-state index contributed by atoms with van der Waals surface area (Å²) >= 11 is 0. The van der Waals surface area contributed by atoms with Gasteiger partial charge in [-0.05, 0) is 61.7 Å². The van der Waals surface area contributed by atoms with Crippen LogP contribution in [0.2, 0.25) is 0 Å². The zero-order valence-corrected chi connectivity index (χ0v) is 21.2. The van der Waals surface area contributed by atoms with Crippen LogP contribution in [-0.4, -0.2) is 45.3 Å². The minimum Gasteiger partial charge on any atom is -0.384 e. The molecule has 0 bridgehead atoms. The summed E-state index contributed by atoms with van der Waals surface area (Å²) < 4.78 is 74.5. The first-order chi connectivity index (χ1) is 17.8. The van der Waals surface area contributed by atoms with Crippen LogP contribution < -0.4 is 21.1 Å². The summed E-state index contributed by atoms with van der Waals surface area (Å²) in [4.78, 5) is 23.6. The second kappa shape index (κ2) is 11.9. The number of carbonyl (C=O) groups is 2. The second-order valence-electron chi connectivity index (χ2n) is 8.79. The number of amidine groups is 1. The van der Waals surface area contributed by atoms with Gasteiger partial charge in [-0.3, -0.25) is 15.0 Å². The molecule has 38 heavy (non-hydrogen) atoms. The lowest BCUT2D eigenvalue weighted by molar-refractivity contribution is -0.140. The number of ether oxygens (including phenoxy) is 1. The van der Waals surface area contributed by atoms with Crippen LogP contribution in [0.5, 0.6) is 0 Å². The van der Waals surface area contributed by atoms with E-state index in [2.05, 4.69) is 15.4 Å². The Balaban J connectivity index is 1.68. The van der Waals surface area contributed by atoms with E-state index in [1.807, 2.05) is 0 Å². The van der Waals surface area contributed by atoms with Gasteiger partial charge in [-0.25, -0.2) is 13.1 Å². The van der Waals surface area contributed by atoms with Crippen LogP contribution in [0, 0.1) is 5.41 Å².